The molecule has 2 N–H and O–H groups in total. The number of nitrogens with one attached hydrogen (secondary N) is 1. The van der Waals surface area contributed by atoms with Crippen LogP contribution < -0.4 is 5.32 Å². The van der Waals surface area contributed by atoms with Crippen molar-refractivity contribution in [2.24, 2.45) is 0 Å². The Hall–Kier alpha value is -0.910. The molecule has 0 saturated heterocycles. The lowest BCUT2D eigenvalue weighted by Gasteiger charge is -2.22. The lowest BCUT2D eigenvalue weighted by molar-refractivity contribution is 0.117. The zero-order valence-electron chi connectivity index (χ0n) is 10.8. The van der Waals surface area contributed by atoms with Gasteiger partial charge in [-0.05, 0) is 13.1 Å². The van der Waals surface area contributed by atoms with Gasteiger partial charge in [-0.2, -0.15) is 0 Å². The van der Waals surface area contributed by atoms with Gasteiger partial charge in [0, 0.05) is 38.6 Å². The second-order valence-corrected chi connectivity index (χ2v) is 4.14. The molecule has 1 aromatic rings. The summed E-state index contributed by atoms with van der Waals surface area (Å²) < 4.78 is 2.02. The minimum absolute atomic E-state index is 0.294. The van der Waals surface area contributed by atoms with E-state index in [1.165, 1.54) is 0 Å². The van der Waals surface area contributed by atoms with Gasteiger partial charge in [-0.15, -0.1) is 0 Å². The van der Waals surface area contributed by atoms with E-state index in [0.29, 0.717) is 6.54 Å². The summed E-state index contributed by atoms with van der Waals surface area (Å²) in [6.07, 6.45) is 5.22. The van der Waals surface area contributed by atoms with Crippen LogP contribution in [0.3, 0.4) is 0 Å². The van der Waals surface area contributed by atoms with E-state index in [9.17, 15) is 5.11 Å². The summed E-state index contributed by atoms with van der Waals surface area (Å²) in [6.45, 7) is 9.33. The summed E-state index contributed by atoms with van der Waals surface area (Å²) >= 11 is 0. The molecule has 17 heavy (non-hydrogen) atoms. The monoisotopic (exact) mass is 240 g/mol. The molecule has 0 aliphatic heterocycles. The van der Waals surface area contributed by atoms with Crippen LogP contribution in [0.5, 0.6) is 0 Å². The maximum atomic E-state index is 9.82. The number of hydrogen-bond donors (Lipinski definition) is 2. The predicted molar refractivity (Wildman–Crippen MR) is 68.9 cm³/mol. The molecule has 1 atom stereocenters. The molecule has 5 nitrogen and oxygen atoms in total. The van der Waals surface area contributed by atoms with Crippen LogP contribution in [0, 0.1) is 0 Å². The molecule has 0 bridgehead atoms. The summed E-state index contributed by atoms with van der Waals surface area (Å²) in [6, 6.07) is 0. The Balaban J connectivity index is 2.05. The van der Waals surface area contributed by atoms with Gasteiger partial charge in [0.1, 0.15) is 0 Å². The molecule has 0 spiro atoms. The summed E-state index contributed by atoms with van der Waals surface area (Å²) in [4.78, 5) is 6.20. The third-order valence-corrected chi connectivity index (χ3v) is 2.85. The fourth-order valence-corrected chi connectivity index (χ4v) is 1.74. The standard InChI is InChI=1S/C12H24N4O/c1-3-15(4-2)10-12(17)9-13-5-7-16-8-6-14-11-16/h6,8,11-13,17H,3-5,7,9-10H2,1-2H3. The van der Waals surface area contributed by atoms with Gasteiger partial charge in [0.15, 0.2) is 0 Å². The lowest BCUT2D eigenvalue weighted by atomic mass is 10.3. The summed E-state index contributed by atoms with van der Waals surface area (Å²) in [5, 5.41) is 13.1. The highest BCUT2D eigenvalue weighted by Gasteiger charge is 2.07. The number of hydrogen-bond acceptors (Lipinski definition) is 4. The molecule has 1 unspecified atom stereocenters. The molecule has 0 saturated carbocycles. The van der Waals surface area contributed by atoms with Crippen molar-refractivity contribution < 1.29 is 5.11 Å². The number of aliphatic hydroxyl groups excluding tert-OH is 1. The van der Waals surface area contributed by atoms with Crippen LogP contribution in [0.1, 0.15) is 13.8 Å². The van der Waals surface area contributed by atoms with E-state index in [2.05, 4.69) is 29.0 Å². The highest BCUT2D eigenvalue weighted by Crippen LogP contribution is 1.91. The van der Waals surface area contributed by atoms with Crippen LogP contribution in [0.15, 0.2) is 18.7 Å². The normalized spacial score (nSPS) is 13.2. The van der Waals surface area contributed by atoms with Crippen molar-refractivity contribution in [2.75, 3.05) is 32.7 Å². The molecule has 0 aromatic carbocycles. The molecular weight excluding hydrogens is 216 g/mol. The van der Waals surface area contributed by atoms with Gasteiger partial charge in [-0.1, -0.05) is 13.8 Å². The van der Waals surface area contributed by atoms with Crippen molar-refractivity contribution in [1.82, 2.24) is 19.8 Å². The molecular formula is C12H24N4O. The minimum Gasteiger partial charge on any atom is -0.390 e. The van der Waals surface area contributed by atoms with Crippen LogP contribution >= 0.6 is 0 Å². The average molecular weight is 240 g/mol. The maximum absolute atomic E-state index is 9.82. The molecule has 0 radical (unpaired) electrons. The first kappa shape index (κ1) is 14.2. The van der Waals surface area contributed by atoms with Gasteiger partial charge in [0.2, 0.25) is 0 Å². The highest BCUT2D eigenvalue weighted by molar-refractivity contribution is 4.74. The van der Waals surface area contributed by atoms with E-state index in [0.717, 1.165) is 32.7 Å². The molecule has 5 heteroatoms. The van der Waals surface area contributed by atoms with E-state index in [-0.39, 0.29) is 6.10 Å². The average Bonchev–Trinajstić information content (AvgIpc) is 2.84. The predicted octanol–water partition coefficient (Wildman–Crippen LogP) is 0.175. The first-order chi connectivity index (χ1) is 8.26. The first-order valence-corrected chi connectivity index (χ1v) is 6.33. The second-order valence-electron chi connectivity index (χ2n) is 4.14. The fourth-order valence-electron chi connectivity index (χ4n) is 1.74. The second kappa shape index (κ2) is 8.22. The van der Waals surface area contributed by atoms with E-state index in [4.69, 9.17) is 0 Å². The van der Waals surface area contributed by atoms with Crippen molar-refractivity contribution in [2.45, 2.75) is 26.5 Å². The molecule has 0 aliphatic rings. The first-order valence-electron chi connectivity index (χ1n) is 6.33. The van der Waals surface area contributed by atoms with Crippen LogP contribution in [0.4, 0.5) is 0 Å². The molecule has 0 amide bonds. The van der Waals surface area contributed by atoms with E-state index in [1.54, 1.807) is 12.5 Å². The summed E-state index contributed by atoms with van der Waals surface area (Å²) in [7, 11) is 0. The fraction of sp³-hybridized carbons (Fsp3) is 0.750. The number of rotatable bonds is 9. The van der Waals surface area contributed by atoms with E-state index < -0.39 is 0 Å². The molecule has 98 valence electrons. The number of aromatic nitrogens is 2. The third-order valence-electron chi connectivity index (χ3n) is 2.85. The van der Waals surface area contributed by atoms with Crippen molar-refractivity contribution in [3.8, 4) is 0 Å². The van der Waals surface area contributed by atoms with Crippen LogP contribution in [0.2, 0.25) is 0 Å². The van der Waals surface area contributed by atoms with Crippen LogP contribution in [0.25, 0.3) is 0 Å². The zero-order valence-corrected chi connectivity index (χ0v) is 10.8. The number of nitrogens with zero attached hydrogens (tertiary/aromatic N) is 3. The summed E-state index contributed by atoms with van der Waals surface area (Å²) in [5.41, 5.74) is 0. The zero-order chi connectivity index (χ0) is 12.5. The minimum atomic E-state index is -0.294. The largest absolute Gasteiger partial charge is 0.390 e. The lowest BCUT2D eigenvalue weighted by Crippen LogP contribution is -2.38. The Morgan fingerprint density at radius 3 is 2.76 bits per heavy atom. The van der Waals surface area contributed by atoms with Crippen molar-refractivity contribution in [3.63, 3.8) is 0 Å². The van der Waals surface area contributed by atoms with Gasteiger partial charge < -0.3 is 19.9 Å². The topological polar surface area (TPSA) is 53.3 Å². The van der Waals surface area contributed by atoms with Gasteiger partial charge in [0.25, 0.3) is 0 Å². The van der Waals surface area contributed by atoms with Crippen molar-refractivity contribution in [3.05, 3.63) is 18.7 Å². The van der Waals surface area contributed by atoms with Gasteiger partial charge >= 0.3 is 0 Å². The third kappa shape index (κ3) is 5.81. The Labute approximate surface area is 103 Å². The van der Waals surface area contributed by atoms with Crippen molar-refractivity contribution >= 4 is 0 Å². The van der Waals surface area contributed by atoms with Crippen LogP contribution in [-0.4, -0.2) is 58.4 Å². The Morgan fingerprint density at radius 1 is 1.41 bits per heavy atom. The SMILES string of the molecule is CCN(CC)CC(O)CNCCn1ccnc1. The van der Waals surface area contributed by atoms with Gasteiger partial charge in [-0.3, -0.25) is 0 Å². The Bertz CT molecular complexity index is 272. The summed E-state index contributed by atoms with van der Waals surface area (Å²) in [5.74, 6) is 0. The van der Waals surface area contributed by atoms with E-state index in [1.807, 2.05) is 10.8 Å². The number of aliphatic hydroxyl groups is 1. The smallest absolute Gasteiger partial charge is 0.0946 e. The number of likely N-dealkylation sites (N-methyl/N-ethyl adjacent to an activating group) is 1. The number of imidazole rings is 1. The molecule has 0 fully saturated rings. The molecule has 1 aromatic heterocycles. The van der Waals surface area contributed by atoms with E-state index >= 15 is 0 Å². The molecule has 0 aliphatic carbocycles. The molecule has 1 rings (SSSR count). The molecule has 1 heterocycles. The maximum Gasteiger partial charge on any atom is 0.0946 e. The van der Waals surface area contributed by atoms with Crippen LogP contribution in [-0.2, 0) is 6.54 Å². The highest BCUT2D eigenvalue weighted by atomic mass is 16.3. The van der Waals surface area contributed by atoms with Gasteiger partial charge in [-0.25, -0.2) is 4.98 Å². The Kier molecular flexibility index (Phi) is 6.84. The van der Waals surface area contributed by atoms with Crippen molar-refractivity contribution in [1.29, 1.82) is 0 Å². The Morgan fingerprint density at radius 2 is 2.18 bits per heavy atom. The quantitative estimate of drug-likeness (QED) is 0.604. The van der Waals surface area contributed by atoms with Gasteiger partial charge in [0.05, 0.1) is 12.4 Å².